The fourth-order valence-electron chi connectivity index (χ4n) is 3.22. The summed E-state index contributed by atoms with van der Waals surface area (Å²) in [6, 6.07) is 5.82. The summed E-state index contributed by atoms with van der Waals surface area (Å²) in [4.78, 5) is 31.5. The topological polar surface area (TPSA) is 85.1 Å². The van der Waals surface area contributed by atoms with E-state index in [0.717, 1.165) is 22.9 Å². The van der Waals surface area contributed by atoms with Crippen LogP contribution in [-0.2, 0) is 6.54 Å². The Morgan fingerprint density at radius 1 is 0.967 bits per heavy atom. The molecular weight excluding hydrogens is 399 g/mol. The van der Waals surface area contributed by atoms with E-state index in [0.29, 0.717) is 11.1 Å². The molecule has 0 unspecified atom stereocenters. The Kier molecular flexibility index (Phi) is 4.78. The zero-order valence-corrected chi connectivity index (χ0v) is 15.1. The third kappa shape index (κ3) is 3.30. The van der Waals surface area contributed by atoms with E-state index in [1.165, 1.54) is 30.9 Å². The van der Waals surface area contributed by atoms with Gasteiger partial charge < -0.3 is 9.67 Å². The number of pyridine rings is 1. The van der Waals surface area contributed by atoms with Gasteiger partial charge in [0, 0.05) is 29.7 Å². The molecule has 6 nitrogen and oxygen atoms in total. The van der Waals surface area contributed by atoms with Gasteiger partial charge in [0.1, 0.15) is 29.3 Å². The van der Waals surface area contributed by atoms with E-state index in [1.807, 2.05) is 0 Å². The van der Waals surface area contributed by atoms with Gasteiger partial charge in [0.25, 0.3) is 0 Å². The summed E-state index contributed by atoms with van der Waals surface area (Å²) in [5.41, 5.74) is -1.16. The molecule has 1 N–H and O–H groups in total. The van der Waals surface area contributed by atoms with Crippen molar-refractivity contribution in [2.24, 2.45) is 0 Å². The fourth-order valence-corrected chi connectivity index (χ4v) is 3.22. The van der Waals surface area contributed by atoms with Crippen molar-refractivity contribution in [3.63, 3.8) is 0 Å². The minimum atomic E-state index is -1.60. The number of aromatic nitrogens is 3. The van der Waals surface area contributed by atoms with Gasteiger partial charge in [0.05, 0.1) is 17.4 Å². The van der Waals surface area contributed by atoms with Crippen molar-refractivity contribution in [3.8, 4) is 11.1 Å². The molecule has 30 heavy (non-hydrogen) atoms. The first-order valence-electron chi connectivity index (χ1n) is 8.65. The van der Waals surface area contributed by atoms with Crippen molar-refractivity contribution in [3.05, 3.63) is 94.1 Å². The lowest BCUT2D eigenvalue weighted by atomic mass is 10.1. The van der Waals surface area contributed by atoms with Crippen LogP contribution >= 0.6 is 0 Å². The molecule has 0 aliphatic carbocycles. The summed E-state index contributed by atoms with van der Waals surface area (Å²) in [5, 5.41) is 8.58. The highest BCUT2D eigenvalue weighted by Gasteiger charge is 2.20. The van der Waals surface area contributed by atoms with Crippen LogP contribution in [0.3, 0.4) is 0 Å². The Balaban J connectivity index is 1.87. The van der Waals surface area contributed by atoms with Gasteiger partial charge in [-0.15, -0.1) is 0 Å². The van der Waals surface area contributed by atoms with Crippen LogP contribution in [0.5, 0.6) is 0 Å². The number of halogens is 3. The van der Waals surface area contributed by atoms with Crippen molar-refractivity contribution in [1.82, 2.24) is 14.5 Å². The SMILES string of the molecule is O=C(O)c1cn(Cc2ccc(-c3cncnc3)cc2F)c2c(F)ccc(F)c2c1=O. The molecule has 0 fully saturated rings. The molecule has 2 aromatic carbocycles. The molecule has 4 aromatic rings. The molecule has 4 rings (SSSR count). The van der Waals surface area contributed by atoms with E-state index in [9.17, 15) is 27.9 Å². The summed E-state index contributed by atoms with van der Waals surface area (Å²) >= 11 is 0. The number of benzene rings is 2. The third-order valence-electron chi connectivity index (χ3n) is 4.64. The molecule has 0 aliphatic rings. The van der Waals surface area contributed by atoms with Crippen molar-refractivity contribution < 1.29 is 23.1 Å². The lowest BCUT2D eigenvalue weighted by Crippen LogP contribution is -2.21. The lowest BCUT2D eigenvalue weighted by Gasteiger charge is -2.14. The minimum absolute atomic E-state index is 0.0838. The molecule has 0 aliphatic heterocycles. The molecule has 0 bridgehead atoms. The largest absolute Gasteiger partial charge is 0.477 e. The zero-order valence-electron chi connectivity index (χ0n) is 15.1. The first kappa shape index (κ1) is 19.3. The number of rotatable bonds is 4. The van der Waals surface area contributed by atoms with E-state index in [2.05, 4.69) is 9.97 Å². The molecule has 2 aromatic heterocycles. The predicted molar refractivity (Wildman–Crippen MR) is 102 cm³/mol. The molecule has 0 saturated carbocycles. The molecule has 0 spiro atoms. The number of carbonyl (C=O) groups is 1. The second-order valence-corrected chi connectivity index (χ2v) is 6.49. The van der Waals surface area contributed by atoms with Crippen LogP contribution in [0.25, 0.3) is 22.0 Å². The Morgan fingerprint density at radius 3 is 2.33 bits per heavy atom. The first-order chi connectivity index (χ1) is 14.4. The highest BCUT2D eigenvalue weighted by atomic mass is 19.1. The van der Waals surface area contributed by atoms with Gasteiger partial charge in [0.15, 0.2) is 0 Å². The molecule has 9 heteroatoms. The van der Waals surface area contributed by atoms with Crippen LogP contribution in [0, 0.1) is 17.5 Å². The number of hydrogen-bond donors (Lipinski definition) is 1. The zero-order chi connectivity index (χ0) is 21.4. The van der Waals surface area contributed by atoms with Crippen LogP contribution in [0.2, 0.25) is 0 Å². The third-order valence-corrected chi connectivity index (χ3v) is 4.64. The van der Waals surface area contributed by atoms with E-state index < -0.39 is 45.3 Å². The molecule has 2 heterocycles. The maximum absolute atomic E-state index is 14.7. The van der Waals surface area contributed by atoms with Crippen molar-refractivity contribution in [1.29, 1.82) is 0 Å². The van der Waals surface area contributed by atoms with Crippen molar-refractivity contribution >= 4 is 16.9 Å². The number of fused-ring (bicyclic) bond motifs is 1. The molecule has 0 radical (unpaired) electrons. The molecule has 0 amide bonds. The van der Waals surface area contributed by atoms with Crippen molar-refractivity contribution in [2.45, 2.75) is 6.54 Å². The second kappa shape index (κ2) is 7.43. The maximum atomic E-state index is 14.7. The Bertz CT molecular complexity index is 1350. The van der Waals surface area contributed by atoms with Crippen LogP contribution < -0.4 is 5.43 Å². The van der Waals surface area contributed by atoms with E-state index in [4.69, 9.17) is 0 Å². The number of hydrogen-bond acceptors (Lipinski definition) is 4. The standard InChI is InChI=1S/C21H12F3N3O3/c22-15-3-4-16(23)19-18(15)20(28)14(21(29)30)9-27(19)8-12-2-1-11(5-17(12)24)13-6-25-10-26-7-13/h1-7,9-10H,8H2,(H,29,30). The van der Waals surface area contributed by atoms with E-state index in [1.54, 1.807) is 6.07 Å². The smallest absolute Gasteiger partial charge is 0.341 e. The van der Waals surface area contributed by atoms with Gasteiger partial charge in [-0.2, -0.15) is 0 Å². The predicted octanol–water partition coefficient (Wildman–Crippen LogP) is 3.62. The first-order valence-corrected chi connectivity index (χ1v) is 8.65. The van der Waals surface area contributed by atoms with Crippen LogP contribution in [0.1, 0.15) is 15.9 Å². The number of aromatic carboxylic acids is 1. The fraction of sp³-hybridized carbons (Fsp3) is 0.0476. The monoisotopic (exact) mass is 411 g/mol. The average Bonchev–Trinajstić information content (AvgIpc) is 2.73. The molecule has 0 saturated heterocycles. The van der Waals surface area contributed by atoms with Gasteiger partial charge in [-0.25, -0.2) is 27.9 Å². The van der Waals surface area contributed by atoms with Crippen LogP contribution in [0.4, 0.5) is 13.2 Å². The Hall–Kier alpha value is -4.01. The summed E-state index contributed by atoms with van der Waals surface area (Å²) in [6.07, 6.45) is 5.24. The van der Waals surface area contributed by atoms with E-state index in [-0.39, 0.29) is 12.1 Å². The number of carboxylic acid groups (broad SMARTS) is 1. The highest BCUT2D eigenvalue weighted by molar-refractivity contribution is 5.93. The van der Waals surface area contributed by atoms with Gasteiger partial charge in [-0.1, -0.05) is 12.1 Å². The van der Waals surface area contributed by atoms with Gasteiger partial charge in [-0.05, 0) is 23.8 Å². The summed E-state index contributed by atoms with van der Waals surface area (Å²) in [5.74, 6) is -4.25. The normalized spacial score (nSPS) is 11.0. The van der Waals surface area contributed by atoms with Crippen LogP contribution in [0.15, 0.2) is 60.0 Å². The van der Waals surface area contributed by atoms with Gasteiger partial charge in [-0.3, -0.25) is 4.79 Å². The van der Waals surface area contributed by atoms with Gasteiger partial charge >= 0.3 is 5.97 Å². The number of carboxylic acids is 1. The lowest BCUT2D eigenvalue weighted by molar-refractivity contribution is 0.0695. The van der Waals surface area contributed by atoms with Crippen molar-refractivity contribution in [2.75, 3.05) is 0 Å². The van der Waals surface area contributed by atoms with Crippen LogP contribution in [-0.4, -0.2) is 25.6 Å². The second-order valence-electron chi connectivity index (χ2n) is 6.49. The minimum Gasteiger partial charge on any atom is -0.477 e. The highest BCUT2D eigenvalue weighted by Crippen LogP contribution is 2.24. The maximum Gasteiger partial charge on any atom is 0.341 e. The van der Waals surface area contributed by atoms with E-state index >= 15 is 0 Å². The quantitative estimate of drug-likeness (QED) is 0.555. The van der Waals surface area contributed by atoms with Gasteiger partial charge in [0.2, 0.25) is 5.43 Å². The Labute approximate surface area is 166 Å². The summed E-state index contributed by atoms with van der Waals surface area (Å²) < 4.78 is 44.5. The molecule has 150 valence electrons. The summed E-state index contributed by atoms with van der Waals surface area (Å²) in [6.45, 7) is -0.325. The Morgan fingerprint density at radius 2 is 1.67 bits per heavy atom. The number of nitrogens with zero attached hydrogens (tertiary/aromatic N) is 3. The summed E-state index contributed by atoms with van der Waals surface area (Å²) in [7, 11) is 0. The molecular formula is C21H12F3N3O3. The molecule has 0 atom stereocenters. The average molecular weight is 411 g/mol.